The van der Waals surface area contributed by atoms with E-state index in [0.717, 1.165) is 6.42 Å². The van der Waals surface area contributed by atoms with Gasteiger partial charge in [-0.05, 0) is 6.42 Å². The molecule has 0 aromatic carbocycles. The van der Waals surface area contributed by atoms with Gasteiger partial charge in [-0.2, -0.15) is 0 Å². The highest BCUT2D eigenvalue weighted by atomic mass is 32.2. The number of aliphatic carboxylic acids is 1. The van der Waals surface area contributed by atoms with E-state index in [1.807, 2.05) is 6.92 Å². The third-order valence-corrected chi connectivity index (χ3v) is 2.94. The van der Waals surface area contributed by atoms with Gasteiger partial charge in [0.25, 0.3) is 0 Å². The summed E-state index contributed by atoms with van der Waals surface area (Å²) in [5.41, 5.74) is 0. The van der Waals surface area contributed by atoms with E-state index >= 15 is 0 Å². The number of aliphatic hydroxyl groups excluding tert-OH is 2. The number of aliphatic hydroxyl groups is 2. The minimum atomic E-state index is -0.850. The Balaban J connectivity index is 3.75. The van der Waals surface area contributed by atoms with E-state index in [1.54, 1.807) is 0 Å². The van der Waals surface area contributed by atoms with Crippen LogP contribution in [-0.4, -0.2) is 45.0 Å². The van der Waals surface area contributed by atoms with Gasteiger partial charge in [0.05, 0.1) is 12.7 Å². The van der Waals surface area contributed by atoms with Crippen molar-refractivity contribution in [3.8, 4) is 0 Å². The lowest BCUT2D eigenvalue weighted by atomic mass is 10.2. The summed E-state index contributed by atoms with van der Waals surface area (Å²) in [7, 11) is 0. The lowest BCUT2D eigenvalue weighted by molar-refractivity contribution is -0.136. The lowest BCUT2D eigenvalue weighted by Gasteiger charge is -2.12. The van der Waals surface area contributed by atoms with E-state index < -0.39 is 17.3 Å². The van der Waals surface area contributed by atoms with Crippen molar-refractivity contribution in [1.29, 1.82) is 0 Å². The summed E-state index contributed by atoms with van der Waals surface area (Å²) >= 11 is 1.18. The van der Waals surface area contributed by atoms with Crippen LogP contribution in [0.3, 0.4) is 0 Å². The molecule has 0 heterocycles. The fourth-order valence-electron chi connectivity index (χ4n) is 0.820. The second kappa shape index (κ2) is 7.17. The monoisotopic (exact) mass is 208 g/mol. The zero-order chi connectivity index (χ0) is 10.3. The van der Waals surface area contributed by atoms with Crippen LogP contribution in [0.2, 0.25) is 0 Å². The molecule has 0 saturated heterocycles. The van der Waals surface area contributed by atoms with Crippen LogP contribution >= 0.6 is 11.8 Å². The molecule has 2 unspecified atom stereocenters. The van der Waals surface area contributed by atoms with Gasteiger partial charge in [-0.1, -0.05) is 13.3 Å². The SMILES string of the molecule is CCCC(SCC(O)CO)C(=O)O. The first-order valence-corrected chi connectivity index (χ1v) is 5.30. The van der Waals surface area contributed by atoms with E-state index in [-0.39, 0.29) is 12.4 Å². The number of hydrogen-bond donors (Lipinski definition) is 3. The molecule has 13 heavy (non-hydrogen) atoms. The van der Waals surface area contributed by atoms with Crippen LogP contribution in [0.25, 0.3) is 0 Å². The number of carboxylic acids is 1. The number of carbonyl (C=O) groups is 1. The van der Waals surface area contributed by atoms with E-state index in [4.69, 9.17) is 15.3 Å². The average Bonchev–Trinajstić information content (AvgIpc) is 2.11. The van der Waals surface area contributed by atoms with Crippen LogP contribution < -0.4 is 0 Å². The summed E-state index contributed by atoms with van der Waals surface area (Å²) in [5.74, 6) is -0.579. The summed E-state index contributed by atoms with van der Waals surface area (Å²) in [6.07, 6.45) is 0.584. The molecule has 0 aliphatic rings. The zero-order valence-corrected chi connectivity index (χ0v) is 8.46. The minimum absolute atomic E-state index is 0.271. The van der Waals surface area contributed by atoms with Crippen LogP contribution in [0.5, 0.6) is 0 Å². The fraction of sp³-hybridized carbons (Fsp3) is 0.875. The van der Waals surface area contributed by atoms with Crippen molar-refractivity contribution in [1.82, 2.24) is 0 Å². The molecule has 0 aliphatic carbocycles. The molecule has 0 aliphatic heterocycles. The minimum Gasteiger partial charge on any atom is -0.480 e. The number of thioether (sulfide) groups is 1. The summed E-state index contributed by atoms with van der Waals surface area (Å²) in [6.45, 7) is 1.60. The maximum absolute atomic E-state index is 10.6. The van der Waals surface area contributed by atoms with Crippen molar-refractivity contribution in [2.45, 2.75) is 31.1 Å². The zero-order valence-electron chi connectivity index (χ0n) is 7.64. The molecule has 0 saturated carbocycles. The molecule has 0 radical (unpaired) electrons. The van der Waals surface area contributed by atoms with Gasteiger partial charge in [-0.25, -0.2) is 0 Å². The highest BCUT2D eigenvalue weighted by Crippen LogP contribution is 2.17. The Morgan fingerprint density at radius 1 is 1.54 bits per heavy atom. The summed E-state index contributed by atoms with van der Waals surface area (Å²) < 4.78 is 0. The molecule has 0 bridgehead atoms. The quantitative estimate of drug-likeness (QED) is 0.562. The van der Waals surface area contributed by atoms with E-state index in [0.29, 0.717) is 6.42 Å². The first kappa shape index (κ1) is 12.7. The van der Waals surface area contributed by atoms with Gasteiger partial charge in [-0.3, -0.25) is 4.79 Å². The average molecular weight is 208 g/mol. The molecule has 0 spiro atoms. The maximum Gasteiger partial charge on any atom is 0.316 e. The molecule has 0 fully saturated rings. The first-order chi connectivity index (χ1) is 6.11. The van der Waals surface area contributed by atoms with Gasteiger partial charge in [0.15, 0.2) is 0 Å². The maximum atomic E-state index is 10.6. The van der Waals surface area contributed by atoms with Crippen molar-refractivity contribution in [2.24, 2.45) is 0 Å². The first-order valence-electron chi connectivity index (χ1n) is 4.25. The van der Waals surface area contributed by atoms with Crippen molar-refractivity contribution in [3.05, 3.63) is 0 Å². The van der Waals surface area contributed by atoms with Gasteiger partial charge in [0.2, 0.25) is 0 Å². The summed E-state index contributed by atoms with van der Waals surface area (Å²) in [6, 6.07) is 0. The van der Waals surface area contributed by atoms with Gasteiger partial charge in [0.1, 0.15) is 5.25 Å². The van der Waals surface area contributed by atoms with Crippen LogP contribution in [-0.2, 0) is 4.79 Å². The highest BCUT2D eigenvalue weighted by Gasteiger charge is 2.17. The molecule has 5 heteroatoms. The van der Waals surface area contributed by atoms with Gasteiger partial charge >= 0.3 is 5.97 Å². The molecule has 4 nitrogen and oxygen atoms in total. The number of hydrogen-bond acceptors (Lipinski definition) is 4. The highest BCUT2D eigenvalue weighted by molar-refractivity contribution is 8.00. The molecule has 3 N–H and O–H groups in total. The molecule has 0 aromatic rings. The Morgan fingerprint density at radius 3 is 2.54 bits per heavy atom. The normalized spacial score (nSPS) is 15.3. The molecular weight excluding hydrogens is 192 g/mol. The summed E-state index contributed by atoms with van der Waals surface area (Å²) in [4.78, 5) is 10.6. The third kappa shape index (κ3) is 5.90. The van der Waals surface area contributed by atoms with E-state index in [1.165, 1.54) is 11.8 Å². The van der Waals surface area contributed by atoms with Crippen LogP contribution in [0.15, 0.2) is 0 Å². The Morgan fingerprint density at radius 2 is 2.15 bits per heavy atom. The Hall–Kier alpha value is -0.260. The lowest BCUT2D eigenvalue weighted by Crippen LogP contribution is -2.22. The number of rotatable bonds is 7. The van der Waals surface area contributed by atoms with E-state index in [2.05, 4.69) is 0 Å². The molecule has 2 atom stereocenters. The molecule has 0 aromatic heterocycles. The predicted molar refractivity (Wildman–Crippen MR) is 51.9 cm³/mol. The van der Waals surface area contributed by atoms with Crippen molar-refractivity contribution < 1.29 is 20.1 Å². The molecule has 0 rings (SSSR count). The Bertz CT molecular complexity index is 151. The predicted octanol–water partition coefficient (Wildman–Crippen LogP) is 0.326. The Kier molecular flexibility index (Phi) is 7.03. The van der Waals surface area contributed by atoms with Crippen LogP contribution in [0.4, 0.5) is 0 Å². The second-order valence-electron chi connectivity index (χ2n) is 2.79. The van der Waals surface area contributed by atoms with Crippen molar-refractivity contribution >= 4 is 17.7 Å². The van der Waals surface area contributed by atoms with Crippen LogP contribution in [0, 0.1) is 0 Å². The van der Waals surface area contributed by atoms with Crippen LogP contribution in [0.1, 0.15) is 19.8 Å². The van der Waals surface area contributed by atoms with Gasteiger partial charge in [-0.15, -0.1) is 11.8 Å². The molecule has 78 valence electrons. The van der Waals surface area contributed by atoms with Crippen molar-refractivity contribution in [2.75, 3.05) is 12.4 Å². The van der Waals surface area contributed by atoms with Crippen molar-refractivity contribution in [3.63, 3.8) is 0 Å². The molecular formula is C8H16O4S. The summed E-state index contributed by atoms with van der Waals surface area (Å²) in [5, 5.41) is 25.8. The van der Waals surface area contributed by atoms with E-state index in [9.17, 15) is 4.79 Å². The smallest absolute Gasteiger partial charge is 0.316 e. The third-order valence-electron chi connectivity index (χ3n) is 1.53. The second-order valence-corrected chi connectivity index (χ2v) is 4.02. The molecule has 0 amide bonds. The topological polar surface area (TPSA) is 77.8 Å². The number of carboxylic acid groups (broad SMARTS) is 1. The standard InChI is InChI=1S/C8H16O4S/c1-2-3-7(8(11)12)13-5-6(10)4-9/h6-7,9-10H,2-5H2,1H3,(H,11,12). The van der Waals surface area contributed by atoms with Gasteiger partial charge in [0, 0.05) is 5.75 Å². The fourth-order valence-corrected chi connectivity index (χ4v) is 1.93. The van der Waals surface area contributed by atoms with Gasteiger partial charge < -0.3 is 15.3 Å². The Labute approximate surface area is 82.0 Å². The largest absolute Gasteiger partial charge is 0.480 e.